The Hall–Kier alpha value is -1.56. The maximum absolute atomic E-state index is 12.2. The first-order valence-corrected chi connectivity index (χ1v) is 7.22. The smallest absolute Gasteiger partial charge is 0.335 e. The van der Waals surface area contributed by atoms with E-state index in [2.05, 4.69) is 21.2 Å². The Morgan fingerprint density at radius 3 is 2.48 bits per heavy atom. The van der Waals surface area contributed by atoms with Crippen molar-refractivity contribution < 1.29 is 14.7 Å². The van der Waals surface area contributed by atoms with Gasteiger partial charge in [0.1, 0.15) is 0 Å². The van der Waals surface area contributed by atoms with Crippen LogP contribution in [0.3, 0.4) is 0 Å². The average Bonchev–Trinajstić information content (AvgIpc) is 2.40. The van der Waals surface area contributed by atoms with E-state index < -0.39 is 11.9 Å². The van der Waals surface area contributed by atoms with E-state index in [9.17, 15) is 9.59 Å². The predicted molar refractivity (Wildman–Crippen MR) is 85.5 cm³/mol. The molecule has 7 heteroatoms. The van der Waals surface area contributed by atoms with Gasteiger partial charge in [-0.2, -0.15) is 0 Å². The van der Waals surface area contributed by atoms with Gasteiger partial charge in [-0.3, -0.25) is 4.79 Å². The van der Waals surface area contributed by atoms with Gasteiger partial charge in [0.05, 0.1) is 16.1 Å². The largest absolute Gasteiger partial charge is 0.478 e. The van der Waals surface area contributed by atoms with E-state index in [1.807, 2.05) is 0 Å². The fraction of sp³-hybridized carbons (Fsp3) is 0. The number of carboxylic acids is 1. The molecule has 0 saturated heterocycles. The summed E-state index contributed by atoms with van der Waals surface area (Å²) in [6.07, 6.45) is 0. The molecule has 21 heavy (non-hydrogen) atoms. The lowest BCUT2D eigenvalue weighted by atomic mass is 10.1. The Labute approximate surface area is 138 Å². The SMILES string of the molecule is O=C(O)c1cc(Br)cc(NC(=O)c2cc(Cl)ccc2Cl)c1. The molecule has 0 aliphatic carbocycles. The summed E-state index contributed by atoms with van der Waals surface area (Å²) in [5.74, 6) is -1.57. The number of anilines is 1. The first-order chi connectivity index (χ1) is 9.86. The molecule has 0 fully saturated rings. The molecule has 0 atom stereocenters. The molecule has 0 aliphatic heterocycles. The van der Waals surface area contributed by atoms with E-state index in [4.69, 9.17) is 28.3 Å². The minimum absolute atomic E-state index is 0.0527. The normalized spacial score (nSPS) is 10.2. The van der Waals surface area contributed by atoms with Gasteiger partial charge in [0, 0.05) is 15.2 Å². The molecule has 0 spiro atoms. The molecule has 2 aromatic carbocycles. The summed E-state index contributed by atoms with van der Waals surface area (Å²) in [6, 6.07) is 8.90. The van der Waals surface area contributed by atoms with Crippen LogP contribution in [0.2, 0.25) is 10.0 Å². The van der Waals surface area contributed by atoms with Crippen molar-refractivity contribution in [3.05, 3.63) is 62.0 Å². The third kappa shape index (κ3) is 3.97. The number of carboxylic acid groups (broad SMARTS) is 1. The van der Waals surface area contributed by atoms with Crippen LogP contribution in [-0.2, 0) is 0 Å². The number of benzene rings is 2. The highest BCUT2D eigenvalue weighted by Crippen LogP contribution is 2.24. The highest BCUT2D eigenvalue weighted by atomic mass is 79.9. The standard InChI is InChI=1S/C14H8BrCl2NO3/c15-8-3-7(14(20)21)4-10(5-8)18-13(19)11-6-9(16)1-2-12(11)17/h1-6H,(H,18,19)(H,20,21). The molecule has 108 valence electrons. The minimum Gasteiger partial charge on any atom is -0.478 e. The summed E-state index contributed by atoms with van der Waals surface area (Å²) < 4.78 is 0.537. The van der Waals surface area contributed by atoms with Crippen LogP contribution in [-0.4, -0.2) is 17.0 Å². The Bertz CT molecular complexity index is 734. The number of nitrogens with one attached hydrogen (secondary N) is 1. The lowest BCUT2D eigenvalue weighted by Gasteiger charge is -2.08. The van der Waals surface area contributed by atoms with Crippen LogP contribution in [0.5, 0.6) is 0 Å². The maximum atomic E-state index is 12.2. The molecular weight excluding hydrogens is 381 g/mol. The van der Waals surface area contributed by atoms with E-state index in [1.54, 1.807) is 12.1 Å². The van der Waals surface area contributed by atoms with Gasteiger partial charge in [0.2, 0.25) is 0 Å². The molecule has 0 aliphatic rings. The van der Waals surface area contributed by atoms with Crippen molar-refractivity contribution in [2.45, 2.75) is 0 Å². The molecular formula is C14H8BrCl2NO3. The second-order valence-corrected chi connectivity index (χ2v) is 5.87. The summed E-state index contributed by atoms with van der Waals surface area (Å²) in [6.45, 7) is 0. The number of hydrogen-bond acceptors (Lipinski definition) is 2. The number of hydrogen-bond donors (Lipinski definition) is 2. The van der Waals surface area contributed by atoms with E-state index in [0.717, 1.165) is 0 Å². The second kappa shape index (κ2) is 6.47. The molecule has 4 nitrogen and oxygen atoms in total. The second-order valence-electron chi connectivity index (χ2n) is 4.11. The third-order valence-corrected chi connectivity index (χ3v) is 3.60. The average molecular weight is 389 g/mol. The van der Waals surface area contributed by atoms with Crippen LogP contribution in [0.25, 0.3) is 0 Å². The highest BCUT2D eigenvalue weighted by Gasteiger charge is 2.13. The van der Waals surface area contributed by atoms with E-state index in [0.29, 0.717) is 15.2 Å². The third-order valence-electron chi connectivity index (χ3n) is 2.58. The fourth-order valence-corrected chi connectivity index (χ4v) is 2.52. The summed E-state index contributed by atoms with van der Waals surface area (Å²) in [5, 5.41) is 12.2. The van der Waals surface area contributed by atoms with Crippen molar-refractivity contribution in [1.29, 1.82) is 0 Å². The van der Waals surface area contributed by atoms with Crippen LogP contribution in [0.1, 0.15) is 20.7 Å². The Morgan fingerprint density at radius 2 is 1.81 bits per heavy atom. The highest BCUT2D eigenvalue weighted by molar-refractivity contribution is 9.10. The van der Waals surface area contributed by atoms with Crippen LogP contribution >= 0.6 is 39.1 Å². The van der Waals surface area contributed by atoms with Gasteiger partial charge in [-0.15, -0.1) is 0 Å². The molecule has 0 unspecified atom stereocenters. The number of amides is 1. The monoisotopic (exact) mass is 387 g/mol. The summed E-state index contributed by atoms with van der Waals surface area (Å²) in [7, 11) is 0. The van der Waals surface area contributed by atoms with Crippen molar-refractivity contribution >= 4 is 56.7 Å². The summed E-state index contributed by atoms with van der Waals surface area (Å²) in [5.41, 5.74) is 0.598. The zero-order valence-corrected chi connectivity index (χ0v) is 13.5. The zero-order chi connectivity index (χ0) is 15.6. The Kier molecular flexibility index (Phi) is 4.88. The first kappa shape index (κ1) is 15.8. The summed E-state index contributed by atoms with van der Waals surface area (Å²) >= 11 is 15.0. The molecule has 2 rings (SSSR count). The number of carbonyl (C=O) groups excluding carboxylic acids is 1. The van der Waals surface area contributed by atoms with Gasteiger partial charge in [0.15, 0.2) is 0 Å². The Morgan fingerprint density at radius 1 is 1.10 bits per heavy atom. The van der Waals surface area contributed by atoms with Crippen molar-refractivity contribution in [3.8, 4) is 0 Å². The quantitative estimate of drug-likeness (QED) is 0.800. The molecule has 0 radical (unpaired) electrons. The van der Waals surface area contributed by atoms with Gasteiger partial charge < -0.3 is 10.4 Å². The lowest BCUT2D eigenvalue weighted by molar-refractivity contribution is 0.0696. The van der Waals surface area contributed by atoms with E-state index >= 15 is 0 Å². The molecule has 2 N–H and O–H groups in total. The molecule has 2 aromatic rings. The molecule has 0 bridgehead atoms. The number of halogens is 3. The van der Waals surface area contributed by atoms with Crippen LogP contribution in [0.15, 0.2) is 40.9 Å². The van der Waals surface area contributed by atoms with Gasteiger partial charge in [-0.25, -0.2) is 4.79 Å². The molecule has 0 heterocycles. The topological polar surface area (TPSA) is 66.4 Å². The van der Waals surface area contributed by atoms with Gasteiger partial charge in [-0.1, -0.05) is 39.1 Å². The molecule has 0 saturated carbocycles. The van der Waals surface area contributed by atoms with Gasteiger partial charge >= 0.3 is 5.97 Å². The van der Waals surface area contributed by atoms with Crippen molar-refractivity contribution in [2.75, 3.05) is 5.32 Å². The molecule has 1 amide bonds. The van der Waals surface area contributed by atoms with Crippen LogP contribution in [0, 0.1) is 0 Å². The van der Waals surface area contributed by atoms with E-state index in [1.165, 1.54) is 24.3 Å². The van der Waals surface area contributed by atoms with E-state index in [-0.39, 0.29) is 16.1 Å². The first-order valence-electron chi connectivity index (χ1n) is 5.67. The van der Waals surface area contributed by atoms with Crippen LogP contribution in [0.4, 0.5) is 5.69 Å². The number of rotatable bonds is 3. The zero-order valence-electron chi connectivity index (χ0n) is 10.4. The summed E-state index contributed by atoms with van der Waals surface area (Å²) in [4.78, 5) is 23.2. The molecule has 0 aromatic heterocycles. The Balaban J connectivity index is 2.31. The predicted octanol–water partition coefficient (Wildman–Crippen LogP) is 4.71. The fourth-order valence-electron chi connectivity index (χ4n) is 1.66. The van der Waals surface area contributed by atoms with Gasteiger partial charge in [0.25, 0.3) is 5.91 Å². The minimum atomic E-state index is -1.09. The lowest BCUT2D eigenvalue weighted by Crippen LogP contribution is -2.13. The maximum Gasteiger partial charge on any atom is 0.335 e. The van der Waals surface area contributed by atoms with Crippen molar-refractivity contribution in [1.82, 2.24) is 0 Å². The van der Waals surface area contributed by atoms with Crippen molar-refractivity contribution in [2.24, 2.45) is 0 Å². The van der Waals surface area contributed by atoms with Crippen molar-refractivity contribution in [3.63, 3.8) is 0 Å². The number of aromatic carboxylic acids is 1. The van der Waals surface area contributed by atoms with Gasteiger partial charge in [-0.05, 0) is 36.4 Å². The number of carbonyl (C=O) groups is 2. The van der Waals surface area contributed by atoms with Crippen LogP contribution < -0.4 is 5.32 Å².